The van der Waals surface area contributed by atoms with Gasteiger partial charge in [0, 0.05) is 7.05 Å². The number of carbonyl (C=O) groups is 2. The molecule has 1 atom stereocenters. The molecular weight excluding hydrogens is 384 g/mol. The summed E-state index contributed by atoms with van der Waals surface area (Å²) < 4.78 is 6.39. The third-order valence-electron chi connectivity index (χ3n) is 5.55. The molecule has 29 heavy (non-hydrogen) atoms. The molecule has 0 aliphatic heterocycles. The molecular formula is C23H24N2O3S. The first kappa shape index (κ1) is 19.6. The largest absolute Gasteiger partial charge is 0.452 e. The lowest BCUT2D eigenvalue weighted by molar-refractivity contribution is -0.135. The number of thiazole rings is 1. The Hall–Kier alpha value is -2.73. The number of hydrogen-bond acceptors (Lipinski definition) is 5. The quantitative estimate of drug-likeness (QED) is 0.581. The second-order valence-electron chi connectivity index (χ2n) is 7.47. The van der Waals surface area contributed by atoms with E-state index in [1.807, 2.05) is 43.3 Å². The highest BCUT2D eigenvalue weighted by molar-refractivity contribution is 7.18. The molecule has 0 N–H and O–H groups in total. The molecule has 0 fully saturated rings. The number of aryl methyl sites for hydroxylation is 2. The van der Waals surface area contributed by atoms with Crippen LogP contribution in [0.15, 0.2) is 42.5 Å². The molecule has 150 valence electrons. The summed E-state index contributed by atoms with van der Waals surface area (Å²) in [5.74, 6) is -0.698. The highest BCUT2D eigenvalue weighted by Gasteiger charge is 2.22. The van der Waals surface area contributed by atoms with Crippen molar-refractivity contribution in [2.24, 2.45) is 0 Å². The molecule has 1 aromatic heterocycles. The summed E-state index contributed by atoms with van der Waals surface area (Å²) in [6.45, 7) is 1.66. The topological polar surface area (TPSA) is 59.5 Å². The van der Waals surface area contributed by atoms with Crippen molar-refractivity contribution >= 4 is 33.4 Å². The van der Waals surface area contributed by atoms with E-state index in [9.17, 15) is 9.59 Å². The Morgan fingerprint density at radius 1 is 1.14 bits per heavy atom. The number of ether oxygens (including phenoxy) is 1. The molecule has 1 amide bonds. The molecule has 2 aromatic carbocycles. The number of benzene rings is 2. The van der Waals surface area contributed by atoms with Crippen LogP contribution in [0.1, 0.15) is 52.3 Å². The monoisotopic (exact) mass is 408 g/mol. The van der Waals surface area contributed by atoms with Gasteiger partial charge in [-0.05, 0) is 68.0 Å². The van der Waals surface area contributed by atoms with Crippen LogP contribution in [0.25, 0.3) is 10.2 Å². The van der Waals surface area contributed by atoms with Gasteiger partial charge in [-0.1, -0.05) is 18.2 Å². The number of para-hydroxylation sites is 1. The van der Waals surface area contributed by atoms with Gasteiger partial charge in [-0.15, -0.1) is 11.3 Å². The van der Waals surface area contributed by atoms with Crippen LogP contribution in [0.5, 0.6) is 0 Å². The zero-order valence-corrected chi connectivity index (χ0v) is 17.5. The summed E-state index contributed by atoms with van der Waals surface area (Å²) in [4.78, 5) is 31.2. The first-order valence-electron chi connectivity index (χ1n) is 9.93. The lowest BCUT2D eigenvalue weighted by atomic mass is 9.90. The van der Waals surface area contributed by atoms with Gasteiger partial charge in [0.1, 0.15) is 5.01 Å². The van der Waals surface area contributed by atoms with Crippen molar-refractivity contribution in [1.82, 2.24) is 9.88 Å². The molecule has 3 aromatic rings. The zero-order chi connectivity index (χ0) is 20.4. The first-order chi connectivity index (χ1) is 14.0. The SMILES string of the molecule is C[C@@H](c1nc2ccccc2s1)N(C)C(=O)COC(=O)c1ccc2c(c1)CCCC2. The number of aromatic nitrogens is 1. The maximum Gasteiger partial charge on any atom is 0.338 e. The molecule has 4 rings (SSSR count). The number of amides is 1. The Morgan fingerprint density at radius 2 is 1.90 bits per heavy atom. The lowest BCUT2D eigenvalue weighted by Crippen LogP contribution is -2.33. The van der Waals surface area contributed by atoms with E-state index in [1.54, 1.807) is 29.4 Å². The molecule has 5 nitrogen and oxygen atoms in total. The van der Waals surface area contributed by atoms with Gasteiger partial charge >= 0.3 is 5.97 Å². The summed E-state index contributed by atoms with van der Waals surface area (Å²) in [6, 6.07) is 13.4. The van der Waals surface area contributed by atoms with Crippen LogP contribution < -0.4 is 0 Å². The van der Waals surface area contributed by atoms with Crippen LogP contribution in [0.2, 0.25) is 0 Å². The van der Waals surface area contributed by atoms with Gasteiger partial charge in [-0.2, -0.15) is 0 Å². The van der Waals surface area contributed by atoms with E-state index >= 15 is 0 Å². The Labute approximate surface area is 174 Å². The standard InChI is InChI=1S/C23H24N2O3S/c1-15(22-24-19-9-5-6-10-20(19)29-22)25(2)21(26)14-28-23(27)18-12-11-16-7-3-4-8-17(16)13-18/h5-6,9-13,15H,3-4,7-8,14H2,1-2H3/t15-/m0/s1. The fraction of sp³-hybridized carbons (Fsp3) is 0.348. The van der Waals surface area contributed by atoms with Crippen molar-refractivity contribution in [1.29, 1.82) is 0 Å². The minimum atomic E-state index is -0.451. The molecule has 1 aliphatic carbocycles. The average molecular weight is 409 g/mol. The Morgan fingerprint density at radius 3 is 2.69 bits per heavy atom. The second kappa shape index (κ2) is 8.33. The number of rotatable bonds is 5. The summed E-state index contributed by atoms with van der Waals surface area (Å²) in [5.41, 5.74) is 3.98. The van der Waals surface area contributed by atoms with Crippen LogP contribution >= 0.6 is 11.3 Å². The van der Waals surface area contributed by atoms with Crippen LogP contribution in [-0.2, 0) is 22.4 Å². The van der Waals surface area contributed by atoms with E-state index in [0.717, 1.165) is 34.5 Å². The normalized spacial score (nSPS) is 14.3. The molecule has 0 bridgehead atoms. The maximum absolute atomic E-state index is 12.6. The molecule has 1 heterocycles. The van der Waals surface area contributed by atoms with E-state index in [1.165, 1.54) is 17.5 Å². The minimum absolute atomic E-state index is 0.192. The zero-order valence-electron chi connectivity index (χ0n) is 16.7. The van der Waals surface area contributed by atoms with Crippen LogP contribution in [-0.4, -0.2) is 35.4 Å². The smallest absolute Gasteiger partial charge is 0.338 e. The average Bonchev–Trinajstić information content (AvgIpc) is 3.20. The summed E-state index contributed by atoms with van der Waals surface area (Å²) >= 11 is 1.57. The molecule has 0 radical (unpaired) electrons. The van der Waals surface area contributed by atoms with Gasteiger partial charge < -0.3 is 9.64 Å². The van der Waals surface area contributed by atoms with Crippen LogP contribution in [0.3, 0.4) is 0 Å². The summed E-state index contributed by atoms with van der Waals surface area (Å²) in [6.07, 6.45) is 4.41. The van der Waals surface area contributed by atoms with Crippen molar-refractivity contribution in [3.05, 3.63) is 64.2 Å². The van der Waals surface area contributed by atoms with Gasteiger partial charge in [-0.25, -0.2) is 9.78 Å². The highest BCUT2D eigenvalue weighted by atomic mass is 32.1. The summed E-state index contributed by atoms with van der Waals surface area (Å²) in [5, 5.41) is 0.864. The number of likely N-dealkylation sites (N-methyl/N-ethyl adjacent to an activating group) is 1. The molecule has 0 saturated carbocycles. The number of fused-ring (bicyclic) bond motifs is 2. The summed E-state index contributed by atoms with van der Waals surface area (Å²) in [7, 11) is 1.71. The Kier molecular flexibility index (Phi) is 5.62. The van der Waals surface area contributed by atoms with E-state index < -0.39 is 5.97 Å². The second-order valence-corrected chi connectivity index (χ2v) is 8.53. The Balaban J connectivity index is 1.37. The minimum Gasteiger partial charge on any atom is -0.452 e. The van der Waals surface area contributed by atoms with Crippen molar-refractivity contribution < 1.29 is 14.3 Å². The van der Waals surface area contributed by atoms with Gasteiger partial charge in [0.25, 0.3) is 5.91 Å². The van der Waals surface area contributed by atoms with Crippen molar-refractivity contribution in [3.63, 3.8) is 0 Å². The van der Waals surface area contributed by atoms with Crippen LogP contribution in [0.4, 0.5) is 0 Å². The van der Waals surface area contributed by atoms with Gasteiger partial charge in [0.05, 0.1) is 21.8 Å². The van der Waals surface area contributed by atoms with Crippen molar-refractivity contribution in [2.45, 2.75) is 38.6 Å². The number of carbonyl (C=O) groups excluding carboxylic acids is 2. The molecule has 0 spiro atoms. The van der Waals surface area contributed by atoms with Crippen LogP contribution in [0, 0.1) is 0 Å². The predicted octanol–water partition coefficient (Wildman–Crippen LogP) is 4.55. The Bertz CT molecular complexity index is 1030. The van der Waals surface area contributed by atoms with E-state index in [0.29, 0.717) is 5.56 Å². The number of esters is 1. The van der Waals surface area contributed by atoms with E-state index in [2.05, 4.69) is 4.98 Å². The van der Waals surface area contributed by atoms with Crippen molar-refractivity contribution in [3.8, 4) is 0 Å². The predicted molar refractivity (Wildman–Crippen MR) is 114 cm³/mol. The fourth-order valence-corrected chi connectivity index (χ4v) is 4.69. The van der Waals surface area contributed by atoms with Gasteiger partial charge in [-0.3, -0.25) is 4.79 Å². The van der Waals surface area contributed by atoms with Gasteiger partial charge in [0.2, 0.25) is 0 Å². The molecule has 0 saturated heterocycles. The third-order valence-corrected chi connectivity index (χ3v) is 6.76. The first-order valence-corrected chi connectivity index (χ1v) is 10.7. The molecule has 6 heteroatoms. The third kappa shape index (κ3) is 4.17. The van der Waals surface area contributed by atoms with Crippen molar-refractivity contribution in [2.75, 3.05) is 13.7 Å². The van der Waals surface area contributed by atoms with E-state index in [-0.39, 0.29) is 18.6 Å². The van der Waals surface area contributed by atoms with E-state index in [4.69, 9.17) is 4.74 Å². The highest BCUT2D eigenvalue weighted by Crippen LogP contribution is 2.29. The molecule has 1 aliphatic rings. The number of hydrogen-bond donors (Lipinski definition) is 0. The lowest BCUT2D eigenvalue weighted by Gasteiger charge is -2.23. The maximum atomic E-state index is 12.6. The fourth-order valence-electron chi connectivity index (χ4n) is 3.62. The molecule has 0 unspecified atom stereocenters. The van der Waals surface area contributed by atoms with Gasteiger partial charge in [0.15, 0.2) is 6.61 Å². The number of nitrogens with zero attached hydrogens (tertiary/aromatic N) is 2.